The van der Waals surface area contributed by atoms with Gasteiger partial charge in [0.25, 0.3) is 0 Å². The summed E-state index contributed by atoms with van der Waals surface area (Å²) in [6, 6.07) is -1.01. The summed E-state index contributed by atoms with van der Waals surface area (Å²) < 4.78 is 43.1. The molecule has 2 heterocycles. The van der Waals surface area contributed by atoms with Gasteiger partial charge in [0.05, 0.1) is 12.7 Å². The van der Waals surface area contributed by atoms with Crippen molar-refractivity contribution in [3.63, 3.8) is 0 Å². The van der Waals surface area contributed by atoms with E-state index in [4.69, 9.17) is 9.84 Å². The molecular formula is C10H13F3N2O5. The zero-order valence-electron chi connectivity index (χ0n) is 10.1. The van der Waals surface area contributed by atoms with Gasteiger partial charge in [0.15, 0.2) is 5.92 Å². The fraction of sp³-hybridized carbons (Fsp3) is 0.800. The van der Waals surface area contributed by atoms with E-state index in [0.717, 1.165) is 0 Å². The van der Waals surface area contributed by atoms with E-state index in [1.807, 2.05) is 0 Å². The van der Waals surface area contributed by atoms with Gasteiger partial charge in [0.1, 0.15) is 12.3 Å². The highest BCUT2D eigenvalue weighted by atomic mass is 19.4. The molecule has 4 atom stereocenters. The highest BCUT2D eigenvalue weighted by molar-refractivity contribution is 5.98. The third-order valence-corrected chi connectivity index (χ3v) is 3.31. The van der Waals surface area contributed by atoms with E-state index in [9.17, 15) is 27.9 Å². The van der Waals surface area contributed by atoms with Crippen molar-refractivity contribution in [1.29, 1.82) is 0 Å². The Morgan fingerprint density at radius 3 is 2.55 bits per heavy atom. The van der Waals surface area contributed by atoms with Crippen LogP contribution in [0.25, 0.3) is 0 Å². The Hall–Kier alpha value is -1.39. The molecule has 0 aromatic heterocycles. The fourth-order valence-corrected chi connectivity index (χ4v) is 2.20. The number of alkyl halides is 3. The maximum Gasteiger partial charge on any atom is 0.402 e. The lowest BCUT2D eigenvalue weighted by molar-refractivity contribution is -0.192. The Morgan fingerprint density at radius 2 is 2.05 bits per heavy atom. The van der Waals surface area contributed by atoms with Gasteiger partial charge < -0.3 is 14.9 Å². The fourth-order valence-electron chi connectivity index (χ4n) is 2.20. The monoisotopic (exact) mass is 298 g/mol. The first-order valence-electron chi connectivity index (χ1n) is 5.86. The standard InChI is InChI=1S/C10H13F3N2O5/c11-10(12,13)4-2-15(9(19)14-8(4)18)7-1-5(17)6(3-16)20-7/h4-7,16-17H,1-3H2,(H,14,18,19)/t4?,5-,6+,7+/m0/s1. The number of nitrogens with zero attached hydrogens (tertiary/aromatic N) is 1. The highest BCUT2D eigenvalue weighted by Gasteiger charge is 2.52. The Labute approximate surface area is 111 Å². The molecule has 3 amide bonds. The second kappa shape index (κ2) is 5.19. The van der Waals surface area contributed by atoms with Crippen molar-refractivity contribution in [2.45, 2.75) is 31.0 Å². The van der Waals surface area contributed by atoms with Gasteiger partial charge in [-0.05, 0) is 0 Å². The molecule has 10 heteroatoms. The minimum absolute atomic E-state index is 0.128. The molecule has 0 spiro atoms. The molecule has 0 saturated carbocycles. The maximum atomic E-state index is 12.7. The summed E-state index contributed by atoms with van der Waals surface area (Å²) in [5, 5.41) is 20.0. The summed E-state index contributed by atoms with van der Waals surface area (Å²) >= 11 is 0. The molecule has 114 valence electrons. The number of amides is 3. The first kappa shape index (κ1) is 15.0. The van der Waals surface area contributed by atoms with Gasteiger partial charge >= 0.3 is 12.2 Å². The van der Waals surface area contributed by atoms with E-state index >= 15 is 0 Å². The van der Waals surface area contributed by atoms with Gasteiger partial charge in [0.2, 0.25) is 5.91 Å². The third-order valence-electron chi connectivity index (χ3n) is 3.31. The highest BCUT2D eigenvalue weighted by Crippen LogP contribution is 2.32. The van der Waals surface area contributed by atoms with Crippen LogP contribution in [0.3, 0.4) is 0 Å². The lowest BCUT2D eigenvalue weighted by Gasteiger charge is -2.36. The van der Waals surface area contributed by atoms with Crippen LogP contribution in [-0.4, -0.2) is 64.8 Å². The Kier molecular flexibility index (Phi) is 3.89. The van der Waals surface area contributed by atoms with Crippen molar-refractivity contribution in [3.8, 4) is 0 Å². The summed E-state index contributed by atoms with van der Waals surface area (Å²) in [6.45, 7) is -1.39. The first-order valence-corrected chi connectivity index (χ1v) is 5.86. The summed E-state index contributed by atoms with van der Waals surface area (Å²) in [5.41, 5.74) is 0. The molecule has 0 aromatic rings. The van der Waals surface area contributed by atoms with Crippen LogP contribution in [-0.2, 0) is 9.53 Å². The van der Waals surface area contributed by atoms with Gasteiger partial charge in [-0.15, -0.1) is 0 Å². The number of halogens is 3. The van der Waals surface area contributed by atoms with Crippen molar-refractivity contribution < 1.29 is 37.7 Å². The number of hydrogen-bond donors (Lipinski definition) is 3. The van der Waals surface area contributed by atoms with Gasteiger partial charge in [-0.2, -0.15) is 13.2 Å². The molecular weight excluding hydrogens is 285 g/mol. The number of aliphatic hydroxyl groups excluding tert-OH is 2. The van der Waals surface area contributed by atoms with Crippen molar-refractivity contribution in [1.82, 2.24) is 10.2 Å². The molecule has 7 nitrogen and oxygen atoms in total. The topological polar surface area (TPSA) is 99.1 Å². The zero-order valence-corrected chi connectivity index (χ0v) is 10.1. The molecule has 2 aliphatic rings. The molecule has 20 heavy (non-hydrogen) atoms. The van der Waals surface area contributed by atoms with Crippen molar-refractivity contribution in [3.05, 3.63) is 0 Å². The number of rotatable bonds is 2. The average molecular weight is 298 g/mol. The SMILES string of the molecule is O=C1NC(=O)N([C@H]2C[C@H](O)[C@@H](CO)O2)CC1C(F)(F)F. The normalized spacial score (nSPS) is 35.4. The largest absolute Gasteiger partial charge is 0.402 e. The zero-order chi connectivity index (χ0) is 15.1. The number of aliphatic hydroxyl groups is 2. The van der Waals surface area contributed by atoms with Crippen molar-refractivity contribution in [2.24, 2.45) is 5.92 Å². The second-order valence-corrected chi connectivity index (χ2v) is 4.66. The van der Waals surface area contributed by atoms with E-state index in [1.165, 1.54) is 0 Å². The summed E-state index contributed by atoms with van der Waals surface area (Å²) in [7, 11) is 0. The van der Waals surface area contributed by atoms with Crippen LogP contribution in [0.1, 0.15) is 6.42 Å². The number of carbonyl (C=O) groups is 2. The molecule has 2 rings (SSSR count). The predicted octanol–water partition coefficient (Wildman–Crippen LogP) is -0.815. The van der Waals surface area contributed by atoms with Crippen LogP contribution < -0.4 is 5.32 Å². The van der Waals surface area contributed by atoms with Crippen LogP contribution in [0.5, 0.6) is 0 Å². The van der Waals surface area contributed by atoms with E-state index in [-0.39, 0.29) is 6.42 Å². The van der Waals surface area contributed by atoms with Crippen molar-refractivity contribution in [2.75, 3.05) is 13.2 Å². The number of nitrogens with one attached hydrogen (secondary N) is 1. The number of urea groups is 1. The summed E-state index contributed by atoms with van der Waals surface area (Å²) in [6.07, 6.45) is -8.07. The first-order chi connectivity index (χ1) is 9.24. The molecule has 0 aromatic carbocycles. The molecule has 2 aliphatic heterocycles. The second-order valence-electron chi connectivity index (χ2n) is 4.66. The van der Waals surface area contributed by atoms with Gasteiger partial charge in [-0.1, -0.05) is 0 Å². The number of imide groups is 1. The lowest BCUT2D eigenvalue weighted by atomic mass is 10.1. The number of carbonyl (C=O) groups excluding carboxylic acids is 2. The number of ether oxygens (including phenoxy) is 1. The summed E-state index contributed by atoms with van der Waals surface area (Å²) in [4.78, 5) is 23.5. The molecule has 2 saturated heterocycles. The molecule has 0 radical (unpaired) electrons. The Bertz CT molecular complexity index is 416. The van der Waals surface area contributed by atoms with E-state index < -0.39 is 55.6 Å². The van der Waals surface area contributed by atoms with Gasteiger partial charge in [-0.3, -0.25) is 15.0 Å². The molecule has 0 aliphatic carbocycles. The molecule has 0 bridgehead atoms. The van der Waals surface area contributed by atoms with Crippen molar-refractivity contribution >= 4 is 11.9 Å². The smallest absolute Gasteiger partial charge is 0.394 e. The minimum Gasteiger partial charge on any atom is -0.394 e. The average Bonchev–Trinajstić information content (AvgIpc) is 2.68. The molecule has 2 fully saturated rings. The maximum absolute atomic E-state index is 12.7. The van der Waals surface area contributed by atoms with Crippen LogP contribution in [0.2, 0.25) is 0 Å². The Morgan fingerprint density at radius 1 is 1.40 bits per heavy atom. The van der Waals surface area contributed by atoms with E-state index in [2.05, 4.69) is 0 Å². The minimum atomic E-state index is -4.78. The molecule has 3 N–H and O–H groups in total. The van der Waals surface area contributed by atoms with Crippen LogP contribution >= 0.6 is 0 Å². The lowest BCUT2D eigenvalue weighted by Crippen LogP contribution is -2.60. The Balaban J connectivity index is 2.12. The quantitative estimate of drug-likeness (QED) is 0.619. The van der Waals surface area contributed by atoms with E-state index in [0.29, 0.717) is 4.90 Å². The number of hydrogen-bond acceptors (Lipinski definition) is 5. The summed E-state index contributed by atoms with van der Waals surface area (Å²) in [5.74, 6) is -3.75. The van der Waals surface area contributed by atoms with Crippen LogP contribution in [0.15, 0.2) is 0 Å². The van der Waals surface area contributed by atoms with E-state index in [1.54, 1.807) is 5.32 Å². The van der Waals surface area contributed by atoms with Gasteiger partial charge in [0, 0.05) is 13.0 Å². The predicted molar refractivity (Wildman–Crippen MR) is 56.2 cm³/mol. The van der Waals surface area contributed by atoms with Crippen LogP contribution in [0.4, 0.5) is 18.0 Å². The third kappa shape index (κ3) is 2.72. The van der Waals surface area contributed by atoms with Crippen LogP contribution in [0, 0.1) is 5.92 Å². The van der Waals surface area contributed by atoms with Gasteiger partial charge in [-0.25, -0.2) is 4.79 Å². The molecule has 1 unspecified atom stereocenters.